The van der Waals surface area contributed by atoms with E-state index in [0.29, 0.717) is 18.4 Å². The Kier molecular flexibility index (Phi) is 4.05. The molecule has 4 bridgehead atoms. The van der Waals surface area contributed by atoms with E-state index in [4.69, 9.17) is 4.74 Å². The zero-order chi connectivity index (χ0) is 20.3. The van der Waals surface area contributed by atoms with Crippen molar-refractivity contribution in [2.24, 2.45) is 17.3 Å². The Morgan fingerprint density at radius 2 is 1.57 bits per heavy atom. The Bertz CT molecular complexity index is 940. The van der Waals surface area contributed by atoms with Crippen molar-refractivity contribution in [3.63, 3.8) is 0 Å². The molecule has 2 aromatic rings. The van der Waals surface area contributed by atoms with Crippen LogP contribution in [-0.4, -0.2) is 30.0 Å². The van der Waals surface area contributed by atoms with Crippen molar-refractivity contribution in [2.75, 3.05) is 13.2 Å². The van der Waals surface area contributed by atoms with E-state index in [2.05, 4.69) is 53.8 Å². The predicted molar refractivity (Wildman–Crippen MR) is 115 cm³/mol. The van der Waals surface area contributed by atoms with Crippen LogP contribution in [0.2, 0.25) is 0 Å². The van der Waals surface area contributed by atoms with E-state index in [1.807, 2.05) is 0 Å². The summed E-state index contributed by atoms with van der Waals surface area (Å²) in [5, 5.41) is 13.4. The summed E-state index contributed by atoms with van der Waals surface area (Å²) in [6.07, 6.45) is 6.17. The van der Waals surface area contributed by atoms with Crippen LogP contribution in [0, 0.1) is 17.3 Å². The molecule has 0 aliphatic heterocycles. The topological polar surface area (TPSA) is 58.6 Å². The highest BCUT2D eigenvalue weighted by Gasteiger charge is 2.58. The lowest BCUT2D eigenvalue weighted by molar-refractivity contribution is -0.102. The molecule has 0 spiro atoms. The number of benzene rings is 2. The third-order valence-electron chi connectivity index (χ3n) is 8.23. The lowest BCUT2D eigenvalue weighted by Gasteiger charge is -2.61. The summed E-state index contributed by atoms with van der Waals surface area (Å²) in [6, 6.07) is 16.8. The molecule has 0 heterocycles. The maximum atomic E-state index is 12.9. The molecule has 4 fully saturated rings. The molecule has 2 N–H and O–H groups in total. The summed E-state index contributed by atoms with van der Waals surface area (Å²) in [7, 11) is 0. The van der Waals surface area contributed by atoms with Gasteiger partial charge < -0.3 is 15.2 Å². The van der Waals surface area contributed by atoms with Gasteiger partial charge in [-0.1, -0.05) is 48.5 Å². The van der Waals surface area contributed by atoms with Crippen LogP contribution in [0.15, 0.2) is 48.5 Å². The number of rotatable bonds is 4. The monoisotopic (exact) mass is 403 g/mol. The highest BCUT2D eigenvalue weighted by molar-refractivity contribution is 5.79. The van der Waals surface area contributed by atoms with Crippen LogP contribution >= 0.6 is 0 Å². The molecule has 1 amide bonds. The Labute approximate surface area is 177 Å². The molecular formula is C26H29NO3. The zero-order valence-corrected chi connectivity index (χ0v) is 17.3. The molecule has 30 heavy (non-hydrogen) atoms. The summed E-state index contributed by atoms with van der Waals surface area (Å²) >= 11 is 0. The molecule has 4 nitrogen and oxygen atoms in total. The Morgan fingerprint density at radius 3 is 2.17 bits per heavy atom. The van der Waals surface area contributed by atoms with Gasteiger partial charge in [-0.2, -0.15) is 0 Å². The highest BCUT2D eigenvalue weighted by atomic mass is 16.5. The molecule has 0 saturated heterocycles. The van der Waals surface area contributed by atoms with E-state index in [-0.39, 0.29) is 29.6 Å². The molecule has 4 heteroatoms. The van der Waals surface area contributed by atoms with Crippen molar-refractivity contribution >= 4 is 6.09 Å². The van der Waals surface area contributed by atoms with Crippen molar-refractivity contribution in [3.8, 4) is 11.1 Å². The van der Waals surface area contributed by atoms with Gasteiger partial charge >= 0.3 is 6.09 Å². The molecule has 0 radical (unpaired) electrons. The predicted octanol–water partition coefficient (Wildman–Crippen LogP) is 4.86. The first-order chi connectivity index (χ1) is 14.6. The highest BCUT2D eigenvalue weighted by Crippen LogP contribution is 2.61. The first-order valence-electron chi connectivity index (χ1n) is 11.3. The largest absolute Gasteiger partial charge is 0.449 e. The number of alkyl carbamates (subject to hydrolysis) is 1. The molecule has 0 aromatic heterocycles. The minimum Gasteiger partial charge on any atom is -0.449 e. The maximum absolute atomic E-state index is 12.9. The number of hydrogen-bond acceptors (Lipinski definition) is 3. The van der Waals surface area contributed by atoms with Crippen LogP contribution in [0.4, 0.5) is 4.79 Å². The average molecular weight is 404 g/mol. The Morgan fingerprint density at radius 1 is 0.967 bits per heavy atom. The van der Waals surface area contributed by atoms with E-state index in [9.17, 15) is 9.90 Å². The Balaban J connectivity index is 1.18. The second-order valence-electron chi connectivity index (χ2n) is 10.4. The van der Waals surface area contributed by atoms with Crippen LogP contribution in [-0.2, 0) is 4.74 Å². The third-order valence-corrected chi connectivity index (χ3v) is 8.23. The summed E-state index contributed by atoms with van der Waals surface area (Å²) in [5.74, 6) is 1.35. The standard InChI is InChI=1S/C26H29NO3/c28-16-25-10-17-9-18(11-25)13-26(12-17,15-25)27-24(29)30-14-23-21-7-3-1-5-19(21)20-6-2-4-8-22(20)23/h1-8,17-18,23,28H,9-16H2,(H,27,29). The molecule has 7 rings (SSSR count). The lowest BCUT2D eigenvalue weighted by Crippen LogP contribution is -2.64. The van der Waals surface area contributed by atoms with Crippen LogP contribution in [0.1, 0.15) is 55.6 Å². The van der Waals surface area contributed by atoms with Crippen molar-refractivity contribution in [3.05, 3.63) is 59.7 Å². The summed E-state index contributed by atoms with van der Waals surface area (Å²) in [4.78, 5) is 12.9. The van der Waals surface area contributed by atoms with Gasteiger partial charge in [0.2, 0.25) is 0 Å². The second-order valence-corrected chi connectivity index (χ2v) is 10.4. The number of ether oxygens (including phenoxy) is 1. The van der Waals surface area contributed by atoms with Gasteiger partial charge in [0.25, 0.3) is 0 Å². The fraction of sp³-hybridized carbons (Fsp3) is 0.500. The first-order valence-corrected chi connectivity index (χ1v) is 11.3. The number of aliphatic hydroxyl groups excluding tert-OH is 1. The van der Waals surface area contributed by atoms with Crippen molar-refractivity contribution in [1.29, 1.82) is 0 Å². The van der Waals surface area contributed by atoms with Gasteiger partial charge in [-0.25, -0.2) is 4.79 Å². The van der Waals surface area contributed by atoms with E-state index >= 15 is 0 Å². The number of carbonyl (C=O) groups is 1. The molecule has 5 aliphatic rings. The van der Waals surface area contributed by atoms with Gasteiger partial charge in [-0.3, -0.25) is 0 Å². The van der Waals surface area contributed by atoms with Gasteiger partial charge in [0.05, 0.1) is 0 Å². The molecule has 2 atom stereocenters. The summed E-state index contributed by atoms with van der Waals surface area (Å²) in [6.45, 7) is 0.599. The average Bonchev–Trinajstić information content (AvgIpc) is 3.05. The van der Waals surface area contributed by atoms with Crippen LogP contribution in [0.5, 0.6) is 0 Å². The minimum atomic E-state index is -0.299. The Hall–Kier alpha value is -2.33. The second kappa shape index (κ2) is 6.58. The van der Waals surface area contributed by atoms with Gasteiger partial charge in [0.15, 0.2) is 0 Å². The number of hydrogen-bond donors (Lipinski definition) is 2. The van der Waals surface area contributed by atoms with Crippen LogP contribution < -0.4 is 5.32 Å². The number of fused-ring (bicyclic) bond motifs is 3. The number of amides is 1. The van der Waals surface area contributed by atoms with Gasteiger partial charge in [0, 0.05) is 18.1 Å². The van der Waals surface area contributed by atoms with Crippen molar-refractivity contribution in [1.82, 2.24) is 5.32 Å². The van der Waals surface area contributed by atoms with Crippen LogP contribution in [0.25, 0.3) is 11.1 Å². The van der Waals surface area contributed by atoms with Crippen molar-refractivity contribution < 1.29 is 14.6 Å². The minimum absolute atomic E-state index is 0.0146. The molecule has 5 aliphatic carbocycles. The van der Waals surface area contributed by atoms with Gasteiger partial charge in [-0.15, -0.1) is 0 Å². The normalized spacial score (nSPS) is 33.2. The fourth-order valence-electron chi connectivity index (χ4n) is 7.63. The molecule has 4 saturated carbocycles. The third kappa shape index (κ3) is 2.80. The SMILES string of the molecule is O=C(NC12CC3CC(CC(CO)(C3)C1)C2)OCC1c2ccccc2-c2ccccc21. The van der Waals surface area contributed by atoms with E-state index in [0.717, 1.165) is 32.1 Å². The smallest absolute Gasteiger partial charge is 0.407 e. The lowest BCUT2D eigenvalue weighted by atomic mass is 9.47. The molecule has 2 aromatic carbocycles. The zero-order valence-electron chi connectivity index (χ0n) is 17.3. The maximum Gasteiger partial charge on any atom is 0.407 e. The summed E-state index contributed by atoms with van der Waals surface area (Å²) in [5.41, 5.74) is 4.79. The van der Waals surface area contributed by atoms with Gasteiger partial charge in [-0.05, 0) is 78.0 Å². The number of aliphatic hydroxyl groups is 1. The molecule has 2 unspecified atom stereocenters. The van der Waals surface area contributed by atoms with E-state index < -0.39 is 0 Å². The molecule has 156 valence electrons. The summed E-state index contributed by atoms with van der Waals surface area (Å²) < 4.78 is 5.83. The van der Waals surface area contributed by atoms with Gasteiger partial charge in [0.1, 0.15) is 6.61 Å². The number of carbonyl (C=O) groups excluding carboxylic acids is 1. The number of nitrogens with one attached hydrogen (secondary N) is 1. The van der Waals surface area contributed by atoms with Crippen LogP contribution in [0.3, 0.4) is 0 Å². The van der Waals surface area contributed by atoms with E-state index in [1.54, 1.807) is 0 Å². The van der Waals surface area contributed by atoms with E-state index in [1.165, 1.54) is 28.7 Å². The fourth-order valence-corrected chi connectivity index (χ4v) is 7.63. The van der Waals surface area contributed by atoms with Crippen molar-refractivity contribution in [2.45, 2.75) is 50.0 Å². The first kappa shape index (κ1) is 18.4. The molecular weight excluding hydrogens is 374 g/mol. The quantitative estimate of drug-likeness (QED) is 0.767.